The van der Waals surface area contributed by atoms with Crippen molar-refractivity contribution in [2.24, 2.45) is 5.92 Å². The highest BCUT2D eigenvalue weighted by atomic mass is 79.9. The quantitative estimate of drug-likeness (QED) is 0.630. The molecule has 0 aromatic heterocycles. The minimum Gasteiger partial charge on any atom is -0.298 e. The summed E-state index contributed by atoms with van der Waals surface area (Å²) in [6.45, 7) is 1.85. The molecule has 1 unspecified atom stereocenters. The first-order valence-corrected chi connectivity index (χ1v) is 6.72. The molecule has 94 valence electrons. The Morgan fingerprint density at radius 2 is 1.72 bits per heavy atom. The number of ketones is 1. The minimum absolute atomic E-state index is 0.0217. The van der Waals surface area contributed by atoms with Crippen molar-refractivity contribution in [1.29, 1.82) is 0 Å². The summed E-state index contributed by atoms with van der Waals surface area (Å²) in [5, 5.41) is 0.233. The van der Waals surface area contributed by atoms with Crippen LogP contribution in [0.5, 0.6) is 0 Å². The monoisotopic (exact) mass is 309 g/mol. The number of amides is 2. The average molecular weight is 310 g/mol. The Bertz CT molecular complexity index is 492. The van der Waals surface area contributed by atoms with Crippen molar-refractivity contribution in [2.75, 3.05) is 11.9 Å². The Kier molecular flexibility index (Phi) is 3.61. The van der Waals surface area contributed by atoms with Gasteiger partial charge in [0.1, 0.15) is 5.78 Å². The predicted molar refractivity (Wildman–Crippen MR) is 69.8 cm³/mol. The maximum Gasteiger partial charge on any atom is 0.261 e. The molecular weight excluding hydrogens is 298 g/mol. The van der Waals surface area contributed by atoms with E-state index in [1.165, 1.54) is 0 Å². The van der Waals surface area contributed by atoms with Gasteiger partial charge < -0.3 is 0 Å². The summed E-state index contributed by atoms with van der Waals surface area (Å²) in [6, 6.07) is 6.71. The smallest absolute Gasteiger partial charge is 0.261 e. The van der Waals surface area contributed by atoms with Crippen molar-refractivity contribution >= 4 is 33.5 Å². The first kappa shape index (κ1) is 13.0. The van der Waals surface area contributed by atoms with E-state index < -0.39 is 0 Å². The number of rotatable bonds is 4. The molecule has 0 N–H and O–H groups in total. The molecule has 1 heterocycles. The standard InChI is InChI=1S/C13H12BrNO3/c1-8(11(16)6-14)7-15-12(17)9-4-2-3-5-10(9)13(15)18/h2-5,8H,6-7H2,1H3. The lowest BCUT2D eigenvalue weighted by molar-refractivity contribution is -0.119. The number of benzene rings is 1. The first-order valence-electron chi connectivity index (χ1n) is 5.60. The molecular formula is C13H12BrNO3. The van der Waals surface area contributed by atoms with Crippen molar-refractivity contribution in [3.63, 3.8) is 0 Å². The lowest BCUT2D eigenvalue weighted by Crippen LogP contribution is -2.36. The summed E-state index contributed by atoms with van der Waals surface area (Å²) in [6.07, 6.45) is 0. The Labute approximate surface area is 113 Å². The van der Waals surface area contributed by atoms with Crippen LogP contribution in [-0.2, 0) is 4.79 Å². The average Bonchev–Trinajstić information content (AvgIpc) is 2.63. The number of alkyl halides is 1. The van der Waals surface area contributed by atoms with Gasteiger partial charge in [0.05, 0.1) is 16.5 Å². The zero-order valence-corrected chi connectivity index (χ0v) is 11.4. The molecule has 0 bridgehead atoms. The van der Waals surface area contributed by atoms with E-state index in [2.05, 4.69) is 15.9 Å². The van der Waals surface area contributed by atoms with Gasteiger partial charge in [-0.1, -0.05) is 35.0 Å². The second kappa shape index (κ2) is 5.02. The normalized spacial score (nSPS) is 15.8. The van der Waals surface area contributed by atoms with E-state index in [1.54, 1.807) is 31.2 Å². The van der Waals surface area contributed by atoms with Crippen molar-refractivity contribution in [2.45, 2.75) is 6.92 Å². The first-order chi connectivity index (χ1) is 8.56. The van der Waals surface area contributed by atoms with Gasteiger partial charge in [0.15, 0.2) is 0 Å². The fraction of sp³-hybridized carbons (Fsp3) is 0.308. The van der Waals surface area contributed by atoms with Crippen LogP contribution in [0.25, 0.3) is 0 Å². The Balaban J connectivity index is 2.21. The molecule has 5 heteroatoms. The zero-order chi connectivity index (χ0) is 13.3. The van der Waals surface area contributed by atoms with E-state index in [0.29, 0.717) is 11.1 Å². The number of imide groups is 1. The van der Waals surface area contributed by atoms with Gasteiger partial charge in [0.25, 0.3) is 11.8 Å². The van der Waals surface area contributed by atoms with Gasteiger partial charge in [0.2, 0.25) is 0 Å². The van der Waals surface area contributed by atoms with E-state index in [9.17, 15) is 14.4 Å². The number of carbonyl (C=O) groups is 3. The van der Waals surface area contributed by atoms with E-state index >= 15 is 0 Å². The molecule has 1 aromatic rings. The highest BCUT2D eigenvalue weighted by Crippen LogP contribution is 2.23. The molecule has 1 aliphatic heterocycles. The number of halogens is 1. The summed E-state index contributed by atoms with van der Waals surface area (Å²) in [5.74, 6) is -1.01. The summed E-state index contributed by atoms with van der Waals surface area (Å²) in [7, 11) is 0. The second-order valence-electron chi connectivity index (χ2n) is 4.27. The molecule has 0 saturated heterocycles. The Morgan fingerprint density at radius 1 is 1.22 bits per heavy atom. The molecule has 4 nitrogen and oxygen atoms in total. The molecule has 0 spiro atoms. The number of Topliss-reactive ketones (excluding diaryl/α,β-unsaturated/α-hetero) is 1. The van der Waals surface area contributed by atoms with Crippen LogP contribution < -0.4 is 0 Å². The summed E-state index contributed by atoms with van der Waals surface area (Å²) in [5.41, 5.74) is 0.835. The molecule has 1 aromatic carbocycles. The van der Waals surface area contributed by atoms with Crippen LogP contribution in [0.3, 0.4) is 0 Å². The third-order valence-corrected chi connectivity index (χ3v) is 3.57. The van der Waals surface area contributed by atoms with Gasteiger partial charge in [-0.3, -0.25) is 19.3 Å². The maximum atomic E-state index is 12.0. The number of hydrogen-bond donors (Lipinski definition) is 0. The van der Waals surface area contributed by atoms with Crippen molar-refractivity contribution < 1.29 is 14.4 Å². The predicted octanol–water partition coefficient (Wildman–Crippen LogP) is 1.88. The summed E-state index contributed by atoms with van der Waals surface area (Å²) in [4.78, 5) is 36.7. The summed E-state index contributed by atoms with van der Waals surface area (Å²) >= 11 is 3.09. The minimum atomic E-state index is -0.355. The van der Waals surface area contributed by atoms with Crippen LogP contribution in [0, 0.1) is 5.92 Å². The van der Waals surface area contributed by atoms with Gasteiger partial charge in [-0.15, -0.1) is 0 Å². The largest absolute Gasteiger partial charge is 0.298 e. The van der Waals surface area contributed by atoms with Crippen LogP contribution in [-0.4, -0.2) is 34.4 Å². The number of fused-ring (bicyclic) bond motifs is 1. The molecule has 2 rings (SSSR count). The lowest BCUT2D eigenvalue weighted by atomic mass is 10.1. The van der Waals surface area contributed by atoms with Gasteiger partial charge >= 0.3 is 0 Å². The number of hydrogen-bond acceptors (Lipinski definition) is 3. The van der Waals surface area contributed by atoms with Crippen LogP contribution in [0.15, 0.2) is 24.3 Å². The molecule has 2 amide bonds. The van der Waals surface area contributed by atoms with E-state index in [0.717, 1.165) is 4.90 Å². The molecule has 18 heavy (non-hydrogen) atoms. The molecule has 0 radical (unpaired) electrons. The second-order valence-corrected chi connectivity index (χ2v) is 4.83. The number of nitrogens with zero attached hydrogens (tertiary/aromatic N) is 1. The van der Waals surface area contributed by atoms with Gasteiger partial charge in [-0.2, -0.15) is 0 Å². The van der Waals surface area contributed by atoms with Crippen LogP contribution in [0.1, 0.15) is 27.6 Å². The highest BCUT2D eigenvalue weighted by Gasteiger charge is 2.36. The molecule has 0 fully saturated rings. The Hall–Kier alpha value is -1.49. The van der Waals surface area contributed by atoms with Gasteiger partial charge in [0, 0.05) is 12.5 Å². The third-order valence-electron chi connectivity index (χ3n) is 3.02. The lowest BCUT2D eigenvalue weighted by Gasteiger charge is -2.17. The Morgan fingerprint density at radius 3 is 2.17 bits per heavy atom. The van der Waals surface area contributed by atoms with Crippen molar-refractivity contribution in [3.8, 4) is 0 Å². The van der Waals surface area contributed by atoms with E-state index in [1.807, 2.05) is 0 Å². The fourth-order valence-corrected chi connectivity index (χ4v) is 2.46. The molecule has 1 atom stereocenters. The maximum absolute atomic E-state index is 12.0. The van der Waals surface area contributed by atoms with E-state index in [4.69, 9.17) is 0 Å². The summed E-state index contributed by atoms with van der Waals surface area (Å²) < 4.78 is 0. The number of carbonyl (C=O) groups excluding carboxylic acids is 3. The topological polar surface area (TPSA) is 54.5 Å². The van der Waals surface area contributed by atoms with Crippen molar-refractivity contribution in [3.05, 3.63) is 35.4 Å². The van der Waals surface area contributed by atoms with Crippen LogP contribution in [0.4, 0.5) is 0 Å². The van der Waals surface area contributed by atoms with Gasteiger partial charge in [-0.05, 0) is 12.1 Å². The molecule has 0 saturated carbocycles. The highest BCUT2D eigenvalue weighted by molar-refractivity contribution is 9.09. The van der Waals surface area contributed by atoms with Crippen LogP contribution >= 0.6 is 15.9 Å². The zero-order valence-electron chi connectivity index (χ0n) is 9.85. The fourth-order valence-electron chi connectivity index (χ4n) is 1.91. The van der Waals surface area contributed by atoms with E-state index in [-0.39, 0.29) is 35.4 Å². The van der Waals surface area contributed by atoms with Crippen molar-refractivity contribution in [1.82, 2.24) is 4.90 Å². The third kappa shape index (κ3) is 2.10. The molecule has 1 aliphatic rings. The molecule has 0 aliphatic carbocycles. The van der Waals surface area contributed by atoms with Crippen LogP contribution in [0.2, 0.25) is 0 Å². The SMILES string of the molecule is CC(CN1C(=O)c2ccccc2C1=O)C(=O)CBr. The van der Waals surface area contributed by atoms with Gasteiger partial charge in [-0.25, -0.2) is 0 Å².